The lowest BCUT2D eigenvalue weighted by atomic mass is 10.2. The van der Waals surface area contributed by atoms with E-state index in [2.05, 4.69) is 20.2 Å². The van der Waals surface area contributed by atoms with Crippen LogP contribution in [0.1, 0.15) is 6.92 Å². The number of benzene rings is 1. The van der Waals surface area contributed by atoms with Gasteiger partial charge < -0.3 is 15.2 Å². The smallest absolute Gasteiger partial charge is 0.313 e. The molecule has 3 N–H and O–H groups in total. The molecule has 0 atom stereocenters. The molecule has 0 saturated carbocycles. The third kappa shape index (κ3) is 3.92. The highest BCUT2D eigenvalue weighted by molar-refractivity contribution is 7.99. The number of fused-ring (bicyclic) bond motifs is 3. The minimum atomic E-state index is -0.902. The molecule has 0 amide bonds. The molecule has 22 heavy (non-hydrogen) atoms. The molecule has 3 rings (SSSR count). The van der Waals surface area contributed by atoms with Crippen LogP contribution in [0.4, 0.5) is 0 Å². The van der Waals surface area contributed by atoms with E-state index in [9.17, 15) is 4.79 Å². The van der Waals surface area contributed by atoms with Gasteiger partial charge in [-0.3, -0.25) is 9.59 Å². The monoisotopic (exact) mass is 320 g/mol. The van der Waals surface area contributed by atoms with Crippen molar-refractivity contribution >= 4 is 45.8 Å². The first-order chi connectivity index (χ1) is 10.5. The Hall–Kier alpha value is -2.68. The van der Waals surface area contributed by atoms with E-state index in [1.165, 1.54) is 0 Å². The zero-order valence-corrected chi connectivity index (χ0v) is 12.3. The van der Waals surface area contributed by atoms with E-state index in [0.29, 0.717) is 16.3 Å². The van der Waals surface area contributed by atoms with E-state index in [0.717, 1.165) is 29.6 Å². The van der Waals surface area contributed by atoms with Crippen molar-refractivity contribution in [1.29, 1.82) is 0 Å². The van der Waals surface area contributed by atoms with Crippen LogP contribution in [0.5, 0.6) is 0 Å². The van der Waals surface area contributed by atoms with E-state index in [1.54, 1.807) is 0 Å². The number of hydrogen-bond acceptors (Lipinski definition) is 6. The number of H-pyrrole nitrogens is 1. The SMILES string of the molecule is CC(=O)O.O=C(O)CSc1nnc2c(n1)[nH]c1ccccc12. The van der Waals surface area contributed by atoms with Gasteiger partial charge in [-0.1, -0.05) is 30.0 Å². The molecule has 0 aliphatic heterocycles. The normalized spacial score (nSPS) is 10.2. The molecule has 0 aliphatic carbocycles. The van der Waals surface area contributed by atoms with Gasteiger partial charge in [0.1, 0.15) is 5.52 Å². The van der Waals surface area contributed by atoms with Crippen LogP contribution in [0, 0.1) is 0 Å². The first-order valence-electron chi connectivity index (χ1n) is 6.12. The highest BCUT2D eigenvalue weighted by atomic mass is 32.2. The molecule has 0 fully saturated rings. The quantitative estimate of drug-likeness (QED) is 0.623. The summed E-state index contributed by atoms with van der Waals surface area (Å²) in [6, 6.07) is 7.72. The molecule has 3 aromatic rings. The molecule has 0 radical (unpaired) electrons. The third-order valence-electron chi connectivity index (χ3n) is 2.43. The zero-order valence-electron chi connectivity index (χ0n) is 11.5. The number of carboxylic acids is 2. The van der Waals surface area contributed by atoms with Crippen molar-refractivity contribution in [3.8, 4) is 0 Å². The standard InChI is InChI=1S/C11H8N4O2S.C2H4O2/c16-8(17)5-18-11-13-10-9(14-15-11)6-3-1-2-4-7(6)12-10;1-2(3)4/h1-4H,5H2,(H,16,17)(H,12,13,15);1H3,(H,3,4). The van der Waals surface area contributed by atoms with Crippen molar-refractivity contribution in [3.63, 3.8) is 0 Å². The maximum atomic E-state index is 10.5. The lowest BCUT2D eigenvalue weighted by Gasteiger charge is -1.95. The van der Waals surface area contributed by atoms with E-state index >= 15 is 0 Å². The first kappa shape index (κ1) is 15.7. The number of hydrogen-bond donors (Lipinski definition) is 3. The summed E-state index contributed by atoms with van der Waals surface area (Å²) < 4.78 is 0. The van der Waals surface area contributed by atoms with Gasteiger partial charge in [0, 0.05) is 17.8 Å². The van der Waals surface area contributed by atoms with Crippen molar-refractivity contribution in [2.45, 2.75) is 12.1 Å². The van der Waals surface area contributed by atoms with E-state index in [1.807, 2.05) is 24.3 Å². The van der Waals surface area contributed by atoms with E-state index < -0.39 is 11.9 Å². The number of thioether (sulfide) groups is 1. The molecule has 0 saturated heterocycles. The van der Waals surface area contributed by atoms with Crippen LogP contribution < -0.4 is 0 Å². The fourth-order valence-electron chi connectivity index (χ4n) is 1.69. The van der Waals surface area contributed by atoms with Gasteiger partial charge in [0.05, 0.1) is 5.75 Å². The maximum Gasteiger partial charge on any atom is 0.313 e. The lowest BCUT2D eigenvalue weighted by Crippen LogP contribution is -2.00. The molecule has 0 unspecified atom stereocenters. The van der Waals surface area contributed by atoms with Gasteiger partial charge >= 0.3 is 5.97 Å². The molecular formula is C13H12N4O4S. The lowest BCUT2D eigenvalue weighted by molar-refractivity contribution is -0.135. The Labute approximate surface area is 128 Å². The summed E-state index contributed by atoms with van der Waals surface area (Å²) in [5, 5.41) is 25.3. The summed E-state index contributed by atoms with van der Waals surface area (Å²) in [4.78, 5) is 26.9. The van der Waals surface area contributed by atoms with Gasteiger partial charge in [0.2, 0.25) is 5.16 Å². The Morgan fingerprint density at radius 3 is 2.59 bits per heavy atom. The number of carboxylic acid groups (broad SMARTS) is 2. The number of nitrogens with zero attached hydrogens (tertiary/aromatic N) is 3. The van der Waals surface area contributed by atoms with Crippen LogP contribution in [0.25, 0.3) is 22.1 Å². The van der Waals surface area contributed by atoms with Gasteiger partial charge in [-0.05, 0) is 6.07 Å². The van der Waals surface area contributed by atoms with E-state index in [4.69, 9.17) is 15.0 Å². The van der Waals surface area contributed by atoms with Crippen LogP contribution in [0.2, 0.25) is 0 Å². The average Bonchev–Trinajstić information content (AvgIpc) is 2.82. The molecule has 2 heterocycles. The molecule has 114 valence electrons. The topological polar surface area (TPSA) is 129 Å². The van der Waals surface area contributed by atoms with Gasteiger partial charge in [0.25, 0.3) is 5.97 Å². The number of aromatic amines is 1. The maximum absolute atomic E-state index is 10.5. The van der Waals surface area contributed by atoms with Crippen molar-refractivity contribution in [3.05, 3.63) is 24.3 Å². The predicted octanol–water partition coefficient (Wildman–Crippen LogP) is 1.77. The molecule has 0 spiro atoms. The zero-order chi connectivity index (χ0) is 16.1. The molecule has 0 bridgehead atoms. The molecule has 2 aromatic heterocycles. The van der Waals surface area contributed by atoms with Crippen molar-refractivity contribution in [1.82, 2.24) is 20.2 Å². The van der Waals surface area contributed by atoms with Gasteiger partial charge in [-0.2, -0.15) is 0 Å². The number of rotatable bonds is 3. The minimum Gasteiger partial charge on any atom is -0.481 e. The second-order valence-electron chi connectivity index (χ2n) is 4.16. The first-order valence-corrected chi connectivity index (χ1v) is 7.11. The Balaban J connectivity index is 0.000000396. The van der Waals surface area contributed by atoms with Crippen LogP contribution in [-0.2, 0) is 9.59 Å². The van der Waals surface area contributed by atoms with Crippen LogP contribution in [0.3, 0.4) is 0 Å². The predicted molar refractivity (Wildman–Crippen MR) is 80.9 cm³/mol. The number of para-hydroxylation sites is 1. The van der Waals surface area contributed by atoms with Gasteiger partial charge in [0.15, 0.2) is 5.65 Å². The fourth-order valence-corrected chi connectivity index (χ4v) is 2.20. The number of nitrogens with one attached hydrogen (secondary N) is 1. The second kappa shape index (κ2) is 6.85. The van der Waals surface area contributed by atoms with E-state index in [-0.39, 0.29) is 5.75 Å². The highest BCUT2D eigenvalue weighted by Crippen LogP contribution is 2.22. The largest absolute Gasteiger partial charge is 0.481 e. The van der Waals surface area contributed by atoms with Gasteiger partial charge in [-0.15, -0.1) is 10.2 Å². The number of aliphatic carboxylic acids is 2. The molecule has 8 nitrogen and oxygen atoms in total. The summed E-state index contributed by atoms with van der Waals surface area (Å²) in [6.45, 7) is 1.08. The summed E-state index contributed by atoms with van der Waals surface area (Å²) in [5.74, 6) is -1.81. The summed E-state index contributed by atoms with van der Waals surface area (Å²) in [5.41, 5.74) is 2.26. The van der Waals surface area contributed by atoms with Gasteiger partial charge in [-0.25, -0.2) is 4.98 Å². The third-order valence-corrected chi connectivity index (χ3v) is 3.25. The second-order valence-corrected chi connectivity index (χ2v) is 5.11. The summed E-state index contributed by atoms with van der Waals surface area (Å²) >= 11 is 1.05. The molecule has 1 aromatic carbocycles. The van der Waals surface area contributed by atoms with Crippen molar-refractivity contribution < 1.29 is 19.8 Å². The summed E-state index contributed by atoms with van der Waals surface area (Å²) in [6.07, 6.45) is 0. The summed E-state index contributed by atoms with van der Waals surface area (Å²) in [7, 11) is 0. The van der Waals surface area contributed by atoms with Crippen molar-refractivity contribution in [2.24, 2.45) is 0 Å². The number of carbonyl (C=O) groups is 2. The Morgan fingerprint density at radius 2 is 1.91 bits per heavy atom. The Morgan fingerprint density at radius 1 is 1.23 bits per heavy atom. The number of aromatic nitrogens is 4. The Kier molecular flexibility index (Phi) is 4.89. The minimum absolute atomic E-state index is 0.0760. The van der Waals surface area contributed by atoms with Crippen LogP contribution >= 0.6 is 11.8 Å². The average molecular weight is 320 g/mol. The van der Waals surface area contributed by atoms with Crippen LogP contribution in [0.15, 0.2) is 29.4 Å². The fraction of sp³-hybridized carbons (Fsp3) is 0.154. The highest BCUT2D eigenvalue weighted by Gasteiger charge is 2.09. The van der Waals surface area contributed by atoms with Crippen LogP contribution in [-0.4, -0.2) is 48.1 Å². The molecular weight excluding hydrogens is 308 g/mol. The Bertz CT molecular complexity index is 829. The molecule has 0 aliphatic rings. The molecule has 9 heteroatoms. The van der Waals surface area contributed by atoms with Crippen molar-refractivity contribution in [2.75, 3.05) is 5.75 Å².